The van der Waals surface area contributed by atoms with E-state index in [1.807, 2.05) is 36.4 Å². The first-order valence-electron chi connectivity index (χ1n) is 8.85. The second-order valence-corrected chi connectivity index (χ2v) is 8.80. The Labute approximate surface area is 178 Å². The van der Waals surface area contributed by atoms with Crippen LogP contribution in [0.4, 0.5) is 0 Å². The van der Waals surface area contributed by atoms with Gasteiger partial charge >= 0.3 is 0 Å². The summed E-state index contributed by atoms with van der Waals surface area (Å²) < 4.78 is 23.3. The largest absolute Gasteiger partial charge is 0.355 e. The molecule has 1 fully saturated rings. The Bertz CT molecular complexity index is 803. The van der Waals surface area contributed by atoms with E-state index in [0.717, 1.165) is 0 Å². The Morgan fingerprint density at radius 1 is 1.07 bits per heavy atom. The zero-order valence-corrected chi connectivity index (χ0v) is 18.5. The van der Waals surface area contributed by atoms with Crippen molar-refractivity contribution in [2.75, 3.05) is 25.1 Å². The SMILES string of the molecule is CN=C(NCC(c1ccccc1)c1ccccc1)NC1CCS(=O)(=O)C1.I. The molecule has 2 aromatic rings. The van der Waals surface area contributed by atoms with Gasteiger partial charge in [0.25, 0.3) is 0 Å². The van der Waals surface area contributed by atoms with Gasteiger partial charge in [0.15, 0.2) is 15.8 Å². The predicted molar refractivity (Wildman–Crippen MR) is 122 cm³/mol. The number of rotatable bonds is 5. The van der Waals surface area contributed by atoms with Crippen molar-refractivity contribution >= 4 is 39.8 Å². The molecule has 3 rings (SSSR count). The quantitative estimate of drug-likeness (QED) is 0.377. The van der Waals surface area contributed by atoms with Crippen LogP contribution in [0.25, 0.3) is 0 Å². The summed E-state index contributed by atoms with van der Waals surface area (Å²) in [6, 6.07) is 20.6. The molecule has 0 radical (unpaired) electrons. The number of benzene rings is 2. The average Bonchev–Trinajstić information content (AvgIpc) is 3.01. The van der Waals surface area contributed by atoms with Crippen LogP contribution in [0.15, 0.2) is 65.7 Å². The van der Waals surface area contributed by atoms with E-state index < -0.39 is 9.84 Å². The topological polar surface area (TPSA) is 70.6 Å². The number of halogens is 1. The molecule has 1 aliphatic heterocycles. The summed E-state index contributed by atoms with van der Waals surface area (Å²) >= 11 is 0. The molecule has 146 valence electrons. The fourth-order valence-electron chi connectivity index (χ4n) is 3.29. The van der Waals surface area contributed by atoms with Gasteiger partial charge < -0.3 is 10.6 Å². The summed E-state index contributed by atoms with van der Waals surface area (Å²) in [4.78, 5) is 4.26. The molecule has 0 aromatic heterocycles. The lowest BCUT2D eigenvalue weighted by molar-refractivity contribution is 0.599. The monoisotopic (exact) mass is 499 g/mol. The summed E-state index contributed by atoms with van der Waals surface area (Å²) in [5, 5.41) is 6.60. The lowest BCUT2D eigenvalue weighted by Crippen LogP contribution is -2.45. The molecule has 1 saturated heterocycles. The van der Waals surface area contributed by atoms with Crippen molar-refractivity contribution in [3.8, 4) is 0 Å². The first-order valence-corrected chi connectivity index (χ1v) is 10.7. The molecule has 1 aliphatic rings. The lowest BCUT2D eigenvalue weighted by atomic mass is 9.91. The minimum atomic E-state index is -2.91. The van der Waals surface area contributed by atoms with Crippen LogP contribution in [-0.4, -0.2) is 45.5 Å². The number of nitrogens with one attached hydrogen (secondary N) is 2. The summed E-state index contributed by atoms with van der Waals surface area (Å²) in [7, 11) is -1.20. The Morgan fingerprint density at radius 3 is 2.07 bits per heavy atom. The molecule has 0 saturated carbocycles. The second-order valence-electron chi connectivity index (χ2n) is 6.57. The maximum absolute atomic E-state index is 11.6. The first-order chi connectivity index (χ1) is 12.6. The molecule has 0 amide bonds. The van der Waals surface area contributed by atoms with Crippen molar-refractivity contribution in [1.29, 1.82) is 0 Å². The Balaban J connectivity index is 0.00000261. The minimum Gasteiger partial charge on any atom is -0.355 e. The van der Waals surface area contributed by atoms with Crippen molar-refractivity contribution in [3.05, 3.63) is 71.8 Å². The van der Waals surface area contributed by atoms with Crippen molar-refractivity contribution < 1.29 is 8.42 Å². The Morgan fingerprint density at radius 2 is 1.63 bits per heavy atom. The molecule has 27 heavy (non-hydrogen) atoms. The van der Waals surface area contributed by atoms with Crippen LogP contribution in [-0.2, 0) is 9.84 Å². The molecule has 7 heteroatoms. The predicted octanol–water partition coefficient (Wildman–Crippen LogP) is 2.79. The van der Waals surface area contributed by atoms with E-state index in [4.69, 9.17) is 0 Å². The maximum Gasteiger partial charge on any atom is 0.191 e. The van der Waals surface area contributed by atoms with Gasteiger partial charge in [0.05, 0.1) is 11.5 Å². The first kappa shape index (κ1) is 21.7. The molecule has 0 bridgehead atoms. The highest BCUT2D eigenvalue weighted by Gasteiger charge is 2.28. The maximum atomic E-state index is 11.6. The number of hydrogen-bond acceptors (Lipinski definition) is 3. The van der Waals surface area contributed by atoms with Crippen molar-refractivity contribution in [2.45, 2.75) is 18.4 Å². The smallest absolute Gasteiger partial charge is 0.191 e. The fourth-order valence-corrected chi connectivity index (χ4v) is 4.97. The number of sulfone groups is 1. The van der Waals surface area contributed by atoms with Crippen molar-refractivity contribution in [3.63, 3.8) is 0 Å². The average molecular weight is 499 g/mol. The fraction of sp³-hybridized carbons (Fsp3) is 0.350. The molecule has 1 atom stereocenters. The van der Waals surface area contributed by atoms with Gasteiger partial charge in [-0.05, 0) is 17.5 Å². The molecule has 1 unspecified atom stereocenters. The van der Waals surface area contributed by atoms with Crippen LogP contribution < -0.4 is 10.6 Å². The second kappa shape index (κ2) is 10.1. The van der Waals surface area contributed by atoms with Gasteiger partial charge in [0, 0.05) is 25.6 Å². The van der Waals surface area contributed by atoms with Crippen LogP contribution in [0.5, 0.6) is 0 Å². The minimum absolute atomic E-state index is 0. The number of aliphatic imine (C=N–C) groups is 1. The standard InChI is InChI=1S/C20H25N3O2S.HI/c1-21-20(23-18-12-13-26(24,25)15-18)22-14-19(16-8-4-2-5-9-16)17-10-6-3-7-11-17;/h2-11,18-19H,12-15H2,1H3,(H2,21,22,23);1H. The molecule has 2 aromatic carbocycles. The van der Waals surface area contributed by atoms with Crippen LogP contribution >= 0.6 is 24.0 Å². The van der Waals surface area contributed by atoms with Gasteiger partial charge in [-0.15, -0.1) is 24.0 Å². The van der Waals surface area contributed by atoms with Crippen molar-refractivity contribution in [1.82, 2.24) is 10.6 Å². The highest BCUT2D eigenvalue weighted by atomic mass is 127. The zero-order valence-electron chi connectivity index (χ0n) is 15.3. The van der Waals surface area contributed by atoms with Gasteiger partial charge in [-0.3, -0.25) is 4.99 Å². The van der Waals surface area contributed by atoms with Gasteiger partial charge in [-0.2, -0.15) is 0 Å². The van der Waals surface area contributed by atoms with E-state index in [0.29, 0.717) is 18.9 Å². The van der Waals surface area contributed by atoms with Crippen LogP contribution in [0.3, 0.4) is 0 Å². The molecule has 2 N–H and O–H groups in total. The summed E-state index contributed by atoms with van der Waals surface area (Å²) in [5.74, 6) is 1.25. The van der Waals surface area contributed by atoms with Crippen LogP contribution in [0.1, 0.15) is 23.5 Å². The zero-order chi connectivity index (χ0) is 18.4. The van der Waals surface area contributed by atoms with Gasteiger partial charge in [-0.1, -0.05) is 60.7 Å². The van der Waals surface area contributed by atoms with E-state index in [-0.39, 0.29) is 47.4 Å². The normalized spacial score (nSPS) is 18.7. The highest BCUT2D eigenvalue weighted by Crippen LogP contribution is 2.23. The molecule has 1 heterocycles. The number of guanidine groups is 1. The summed E-state index contributed by atoms with van der Waals surface area (Å²) in [6.45, 7) is 0.674. The van der Waals surface area contributed by atoms with E-state index in [2.05, 4.69) is 39.9 Å². The lowest BCUT2D eigenvalue weighted by Gasteiger charge is -2.22. The van der Waals surface area contributed by atoms with Crippen molar-refractivity contribution in [2.24, 2.45) is 4.99 Å². The molecule has 5 nitrogen and oxygen atoms in total. The molecule has 0 aliphatic carbocycles. The third kappa shape index (κ3) is 6.21. The third-order valence-corrected chi connectivity index (χ3v) is 6.44. The molecular weight excluding hydrogens is 473 g/mol. The van der Waals surface area contributed by atoms with Gasteiger partial charge in [0.1, 0.15) is 0 Å². The van der Waals surface area contributed by atoms with E-state index in [1.165, 1.54) is 11.1 Å². The van der Waals surface area contributed by atoms with E-state index in [1.54, 1.807) is 7.05 Å². The van der Waals surface area contributed by atoms with Crippen LogP contribution in [0, 0.1) is 0 Å². The van der Waals surface area contributed by atoms with Gasteiger partial charge in [0.2, 0.25) is 0 Å². The van der Waals surface area contributed by atoms with E-state index in [9.17, 15) is 8.42 Å². The Kier molecular flexibility index (Phi) is 8.09. The number of nitrogens with zero attached hydrogens (tertiary/aromatic N) is 1. The van der Waals surface area contributed by atoms with Crippen LogP contribution in [0.2, 0.25) is 0 Å². The highest BCUT2D eigenvalue weighted by molar-refractivity contribution is 14.0. The molecule has 0 spiro atoms. The van der Waals surface area contributed by atoms with Gasteiger partial charge in [-0.25, -0.2) is 8.42 Å². The Hall–Kier alpha value is -1.61. The summed E-state index contributed by atoms with van der Waals surface area (Å²) in [5.41, 5.74) is 2.45. The van der Waals surface area contributed by atoms with E-state index >= 15 is 0 Å². The summed E-state index contributed by atoms with van der Waals surface area (Å²) in [6.07, 6.45) is 0.629. The number of hydrogen-bond donors (Lipinski definition) is 2. The third-order valence-electron chi connectivity index (χ3n) is 4.67. The molecular formula is C20H26IN3O2S.